The zero-order valence-corrected chi connectivity index (χ0v) is 19.8. The van der Waals surface area contributed by atoms with Crippen LogP contribution in [-0.2, 0) is 11.2 Å². The van der Waals surface area contributed by atoms with Crippen LogP contribution in [0.15, 0.2) is 65.1 Å². The molecule has 1 unspecified atom stereocenters. The van der Waals surface area contributed by atoms with Crippen molar-refractivity contribution in [1.29, 1.82) is 0 Å². The zero-order chi connectivity index (χ0) is 25.5. The van der Waals surface area contributed by atoms with Gasteiger partial charge in [0.05, 0.1) is 41.7 Å². The van der Waals surface area contributed by atoms with Gasteiger partial charge in [-0.25, -0.2) is 9.37 Å². The van der Waals surface area contributed by atoms with E-state index in [1.54, 1.807) is 12.1 Å². The molecule has 11 heteroatoms. The summed E-state index contributed by atoms with van der Waals surface area (Å²) in [4.78, 5) is 17.8. The minimum atomic E-state index is -1.30. The molecule has 10 nitrogen and oxygen atoms in total. The normalized spacial score (nSPS) is 15.5. The van der Waals surface area contributed by atoms with Crippen molar-refractivity contribution in [2.24, 2.45) is 0 Å². The Morgan fingerprint density at radius 2 is 1.78 bits per heavy atom. The largest absolute Gasteiger partial charge is 0.433 e. The highest BCUT2D eigenvalue weighted by Crippen LogP contribution is 2.34. The number of para-hydroxylation sites is 2. The first-order chi connectivity index (χ1) is 18.0. The lowest BCUT2D eigenvalue weighted by Crippen LogP contribution is -2.37. The number of hydrogen-bond donors (Lipinski definition) is 1. The Hall–Kier alpha value is -4.06. The summed E-state index contributed by atoms with van der Waals surface area (Å²) in [6.07, 6.45) is -0.759. The molecule has 1 atom stereocenters. The van der Waals surface area contributed by atoms with Crippen LogP contribution in [0.5, 0.6) is 0 Å². The van der Waals surface area contributed by atoms with Gasteiger partial charge < -0.3 is 14.3 Å². The lowest BCUT2D eigenvalue weighted by molar-refractivity contribution is -0.402. The van der Waals surface area contributed by atoms with E-state index in [9.17, 15) is 19.6 Å². The molecule has 0 radical (unpaired) electrons. The number of aromatic nitrogens is 3. The summed E-state index contributed by atoms with van der Waals surface area (Å²) in [6.45, 7) is 3.64. The fourth-order valence-electron chi connectivity index (χ4n) is 4.92. The van der Waals surface area contributed by atoms with Crippen LogP contribution in [0.1, 0.15) is 23.3 Å². The monoisotopic (exact) mass is 505 g/mol. The molecule has 1 fully saturated rings. The maximum absolute atomic E-state index is 13.7. The van der Waals surface area contributed by atoms with Gasteiger partial charge in [0.2, 0.25) is 5.78 Å². The summed E-state index contributed by atoms with van der Waals surface area (Å²) in [7, 11) is 0. The minimum absolute atomic E-state index is 0.0553. The second-order valence-electron chi connectivity index (χ2n) is 8.92. The smallest absolute Gasteiger partial charge is 0.403 e. The van der Waals surface area contributed by atoms with Crippen LogP contribution in [0.4, 0.5) is 10.3 Å². The van der Waals surface area contributed by atoms with Gasteiger partial charge in [-0.15, -0.1) is 0 Å². The van der Waals surface area contributed by atoms with Crippen LogP contribution >= 0.6 is 0 Å². The summed E-state index contributed by atoms with van der Waals surface area (Å²) in [6, 6.07) is 16.4. The number of imidazole rings is 2. The number of nitro groups is 1. The number of halogens is 1. The Bertz CT molecular complexity index is 1580. The Morgan fingerprint density at radius 1 is 1.05 bits per heavy atom. The SMILES string of the molecule is O=[N+]([O-])c1ccc(C(O)c2c(CCN3CCOCC3)nc3n(-c4ccc(F)cc4)c4ccccc4n23)o1. The maximum atomic E-state index is 13.7. The second-order valence-corrected chi connectivity index (χ2v) is 8.92. The van der Waals surface area contributed by atoms with Crippen LogP contribution in [0.25, 0.3) is 22.5 Å². The molecule has 6 rings (SSSR count). The number of benzene rings is 2. The first-order valence-electron chi connectivity index (χ1n) is 12.0. The molecule has 0 spiro atoms. The van der Waals surface area contributed by atoms with Crippen molar-refractivity contribution in [3.8, 4) is 5.69 Å². The number of rotatable bonds is 7. The third-order valence-electron chi connectivity index (χ3n) is 6.71. The Kier molecular flexibility index (Phi) is 5.95. The van der Waals surface area contributed by atoms with Crippen LogP contribution in [0.3, 0.4) is 0 Å². The Morgan fingerprint density at radius 3 is 2.49 bits per heavy atom. The van der Waals surface area contributed by atoms with Crippen molar-refractivity contribution in [3.05, 3.63) is 93.7 Å². The van der Waals surface area contributed by atoms with Crippen molar-refractivity contribution >= 4 is 22.7 Å². The summed E-state index contributed by atoms with van der Waals surface area (Å²) in [5, 5.41) is 22.7. The van der Waals surface area contributed by atoms with E-state index in [0.717, 1.165) is 24.1 Å². The molecule has 190 valence electrons. The number of morpholine rings is 1. The standard InChI is InChI=1S/C26H24FN5O5/c27-17-5-7-18(8-6-17)30-20-3-1-2-4-21(20)31-24(25(33)22-9-10-23(37-22)32(34)35)19(28-26(30)31)11-12-29-13-15-36-16-14-29/h1-10,25,33H,11-16H2. The van der Waals surface area contributed by atoms with E-state index in [1.165, 1.54) is 24.3 Å². The van der Waals surface area contributed by atoms with Crippen molar-refractivity contribution in [2.75, 3.05) is 32.8 Å². The highest BCUT2D eigenvalue weighted by atomic mass is 19.1. The first kappa shape index (κ1) is 23.3. The molecule has 2 aromatic carbocycles. The quantitative estimate of drug-likeness (QED) is 0.264. The van der Waals surface area contributed by atoms with Gasteiger partial charge in [-0.2, -0.15) is 0 Å². The summed E-state index contributed by atoms with van der Waals surface area (Å²) < 4.78 is 28.3. The number of hydrogen-bond acceptors (Lipinski definition) is 7. The fourth-order valence-corrected chi connectivity index (χ4v) is 4.92. The summed E-state index contributed by atoms with van der Waals surface area (Å²) in [5.74, 6) is -0.195. The van der Waals surface area contributed by atoms with E-state index in [1.807, 2.05) is 33.2 Å². The van der Waals surface area contributed by atoms with Gasteiger partial charge in [-0.05, 0) is 42.5 Å². The molecular formula is C26H24FN5O5. The third kappa shape index (κ3) is 4.16. The van der Waals surface area contributed by atoms with Gasteiger partial charge in [-0.1, -0.05) is 12.1 Å². The van der Waals surface area contributed by atoms with E-state index in [-0.39, 0.29) is 11.6 Å². The number of ether oxygens (including phenoxy) is 1. The summed E-state index contributed by atoms with van der Waals surface area (Å²) in [5.41, 5.74) is 3.43. The van der Waals surface area contributed by atoms with Gasteiger partial charge in [0.25, 0.3) is 0 Å². The molecule has 3 aromatic heterocycles. The average molecular weight is 506 g/mol. The molecule has 0 bridgehead atoms. The number of aliphatic hydroxyl groups is 1. The maximum Gasteiger partial charge on any atom is 0.433 e. The molecule has 1 aliphatic rings. The van der Waals surface area contributed by atoms with Gasteiger partial charge in [0, 0.05) is 31.7 Å². The zero-order valence-electron chi connectivity index (χ0n) is 19.8. The Balaban J connectivity index is 1.54. The predicted octanol–water partition coefficient (Wildman–Crippen LogP) is 3.87. The van der Waals surface area contributed by atoms with Gasteiger partial charge in [0.1, 0.15) is 16.5 Å². The number of aliphatic hydroxyl groups excluding tert-OH is 1. The first-order valence-corrected chi connectivity index (χ1v) is 12.0. The molecule has 4 heterocycles. The van der Waals surface area contributed by atoms with E-state index >= 15 is 0 Å². The Labute approximate surface area is 210 Å². The molecule has 37 heavy (non-hydrogen) atoms. The highest BCUT2D eigenvalue weighted by molar-refractivity contribution is 5.84. The molecule has 0 saturated carbocycles. The fraction of sp³-hybridized carbons (Fsp3) is 0.269. The average Bonchev–Trinajstić information content (AvgIpc) is 3.62. The van der Waals surface area contributed by atoms with Crippen LogP contribution in [0.2, 0.25) is 0 Å². The van der Waals surface area contributed by atoms with Crippen LogP contribution in [0, 0.1) is 15.9 Å². The van der Waals surface area contributed by atoms with Crippen LogP contribution in [-0.4, -0.2) is 61.7 Å². The van der Waals surface area contributed by atoms with Gasteiger partial charge in [-0.3, -0.25) is 24.0 Å². The minimum Gasteiger partial charge on any atom is -0.403 e. The molecule has 5 aromatic rings. The van der Waals surface area contributed by atoms with Crippen molar-refractivity contribution in [3.63, 3.8) is 0 Å². The second kappa shape index (κ2) is 9.43. The van der Waals surface area contributed by atoms with Gasteiger partial charge in [0.15, 0.2) is 6.10 Å². The number of fused-ring (bicyclic) bond motifs is 3. The van der Waals surface area contributed by atoms with Crippen LogP contribution < -0.4 is 0 Å². The lowest BCUT2D eigenvalue weighted by Gasteiger charge is -2.26. The van der Waals surface area contributed by atoms with Crippen molar-refractivity contribution in [2.45, 2.75) is 12.5 Å². The molecule has 1 aliphatic heterocycles. The number of furan rings is 1. The molecule has 0 amide bonds. The van der Waals surface area contributed by atoms with Crippen molar-refractivity contribution < 1.29 is 23.6 Å². The molecule has 0 aliphatic carbocycles. The van der Waals surface area contributed by atoms with E-state index in [2.05, 4.69) is 4.90 Å². The van der Waals surface area contributed by atoms with E-state index in [4.69, 9.17) is 14.1 Å². The highest BCUT2D eigenvalue weighted by Gasteiger charge is 2.29. The molecule has 1 N–H and O–H groups in total. The number of nitrogens with zero attached hydrogens (tertiary/aromatic N) is 5. The molecule has 1 saturated heterocycles. The predicted molar refractivity (Wildman–Crippen MR) is 132 cm³/mol. The molecular weight excluding hydrogens is 481 g/mol. The van der Waals surface area contributed by atoms with Crippen molar-refractivity contribution in [1.82, 2.24) is 18.9 Å². The lowest BCUT2D eigenvalue weighted by atomic mass is 10.1. The third-order valence-corrected chi connectivity index (χ3v) is 6.71. The van der Waals surface area contributed by atoms with E-state index in [0.29, 0.717) is 49.0 Å². The summed E-state index contributed by atoms with van der Waals surface area (Å²) >= 11 is 0. The van der Waals surface area contributed by atoms with Gasteiger partial charge >= 0.3 is 5.88 Å². The topological polar surface area (TPSA) is 111 Å². The van der Waals surface area contributed by atoms with E-state index < -0.39 is 16.9 Å².